The molecule has 1 aliphatic carbocycles. The van der Waals surface area contributed by atoms with Crippen LogP contribution in [-0.4, -0.2) is 18.1 Å². The smallest absolute Gasteiger partial charge is 0.308 e. The molecule has 2 rings (SSSR count). The van der Waals surface area contributed by atoms with Gasteiger partial charge in [0.2, 0.25) is 0 Å². The van der Waals surface area contributed by atoms with Crippen LogP contribution in [0.25, 0.3) is 10.4 Å². The van der Waals surface area contributed by atoms with Gasteiger partial charge in [0.05, 0.1) is 25.3 Å². The maximum Gasteiger partial charge on any atom is 0.308 e. The van der Waals surface area contributed by atoms with E-state index >= 15 is 0 Å². The van der Waals surface area contributed by atoms with Crippen molar-refractivity contribution in [1.29, 1.82) is 0 Å². The Kier molecular flexibility index (Phi) is 5.75. The lowest BCUT2D eigenvalue weighted by Gasteiger charge is -2.30. The molecule has 1 aliphatic rings. The summed E-state index contributed by atoms with van der Waals surface area (Å²) in [5.41, 5.74) is 16.2. The predicted octanol–water partition coefficient (Wildman–Crippen LogP) is 2.87. The minimum Gasteiger partial charge on any atom is -0.469 e. The highest BCUT2D eigenvalue weighted by Gasteiger charge is 2.30. The number of nitrogens with zero attached hydrogens (tertiary/aromatic N) is 4. The van der Waals surface area contributed by atoms with Crippen LogP contribution in [0.15, 0.2) is 23.3 Å². The van der Waals surface area contributed by atoms with Gasteiger partial charge in [-0.1, -0.05) is 11.2 Å². The van der Waals surface area contributed by atoms with Crippen LogP contribution in [0.1, 0.15) is 43.1 Å². The van der Waals surface area contributed by atoms with E-state index in [0.717, 1.165) is 31.4 Å². The number of hydrogen-bond donors (Lipinski definition) is 1. The van der Waals surface area contributed by atoms with E-state index in [-0.39, 0.29) is 24.5 Å². The van der Waals surface area contributed by atoms with Gasteiger partial charge < -0.3 is 10.5 Å². The highest BCUT2D eigenvalue weighted by molar-refractivity contribution is 5.72. The summed E-state index contributed by atoms with van der Waals surface area (Å²) in [7, 11) is 1.43. The van der Waals surface area contributed by atoms with Gasteiger partial charge in [0, 0.05) is 16.6 Å². The second kappa shape index (κ2) is 7.77. The van der Waals surface area contributed by atoms with Crippen LogP contribution < -0.4 is 5.73 Å². The first-order valence-electron chi connectivity index (χ1n) is 7.45. The number of pyridine rings is 1. The van der Waals surface area contributed by atoms with Crippen molar-refractivity contribution >= 4 is 5.97 Å². The number of azide groups is 1. The van der Waals surface area contributed by atoms with Crippen molar-refractivity contribution in [3.05, 3.63) is 40.0 Å². The van der Waals surface area contributed by atoms with Crippen LogP contribution in [-0.2, 0) is 16.1 Å². The largest absolute Gasteiger partial charge is 0.469 e. The van der Waals surface area contributed by atoms with Crippen LogP contribution in [0, 0.1) is 11.8 Å². The van der Waals surface area contributed by atoms with Gasteiger partial charge >= 0.3 is 5.97 Å². The third kappa shape index (κ3) is 3.96. The fraction of sp³-hybridized carbons (Fsp3) is 0.600. The lowest BCUT2D eigenvalue weighted by atomic mass is 9.78. The second-order valence-electron chi connectivity index (χ2n) is 5.60. The van der Waals surface area contributed by atoms with E-state index in [0.29, 0.717) is 11.6 Å². The maximum atomic E-state index is 11.6. The van der Waals surface area contributed by atoms with Crippen molar-refractivity contribution in [3.63, 3.8) is 0 Å². The van der Waals surface area contributed by atoms with Gasteiger partial charge in [-0.2, -0.15) is 0 Å². The van der Waals surface area contributed by atoms with E-state index in [2.05, 4.69) is 15.0 Å². The number of nitrogens with two attached hydrogens (primary N) is 1. The van der Waals surface area contributed by atoms with Crippen molar-refractivity contribution in [2.45, 2.75) is 38.3 Å². The molecule has 0 bridgehead atoms. The molecule has 0 unspecified atom stereocenters. The summed E-state index contributed by atoms with van der Waals surface area (Å²) in [6, 6.07) is 5.44. The first kappa shape index (κ1) is 16.3. The van der Waals surface area contributed by atoms with Crippen molar-refractivity contribution in [2.24, 2.45) is 22.7 Å². The van der Waals surface area contributed by atoms with E-state index in [1.54, 1.807) is 0 Å². The Hall–Kier alpha value is -2.11. The topological polar surface area (TPSA) is 114 Å². The van der Waals surface area contributed by atoms with Gasteiger partial charge in [-0.25, -0.2) is 0 Å². The van der Waals surface area contributed by atoms with Crippen molar-refractivity contribution in [3.8, 4) is 0 Å². The van der Waals surface area contributed by atoms with Gasteiger partial charge in [-0.15, -0.1) is 0 Å². The van der Waals surface area contributed by atoms with Crippen LogP contribution in [0.2, 0.25) is 0 Å². The van der Waals surface area contributed by atoms with Crippen LogP contribution in [0.4, 0.5) is 0 Å². The molecule has 1 fully saturated rings. The molecule has 0 spiro atoms. The molecule has 0 amide bonds. The van der Waals surface area contributed by atoms with E-state index in [9.17, 15) is 4.79 Å². The number of hydrogen-bond acceptors (Lipinski definition) is 5. The molecular formula is C15H21N5O2. The third-order valence-electron chi connectivity index (χ3n) is 4.28. The van der Waals surface area contributed by atoms with E-state index in [4.69, 9.17) is 16.0 Å². The highest BCUT2D eigenvalue weighted by atomic mass is 16.5. The molecule has 7 nitrogen and oxygen atoms in total. The zero-order valence-electron chi connectivity index (χ0n) is 12.7. The number of ether oxygens (including phenoxy) is 1. The van der Waals surface area contributed by atoms with E-state index < -0.39 is 0 Å². The number of aromatic nitrogens is 1. The Balaban J connectivity index is 1.99. The number of carbonyl (C=O) groups excluding carboxylic acids is 1. The zero-order valence-corrected chi connectivity index (χ0v) is 12.7. The van der Waals surface area contributed by atoms with Gasteiger partial charge in [-0.3, -0.25) is 9.78 Å². The number of carbonyl (C=O) groups is 1. The Morgan fingerprint density at radius 2 is 2.23 bits per heavy atom. The van der Waals surface area contributed by atoms with Crippen molar-refractivity contribution in [1.82, 2.24) is 4.98 Å². The molecule has 1 atom stereocenters. The lowest BCUT2D eigenvalue weighted by Crippen LogP contribution is -2.29. The molecule has 118 valence electrons. The second-order valence-corrected chi connectivity index (χ2v) is 5.60. The fourth-order valence-electron chi connectivity index (χ4n) is 3.00. The van der Waals surface area contributed by atoms with Gasteiger partial charge in [0.15, 0.2) is 0 Å². The monoisotopic (exact) mass is 303 g/mol. The average Bonchev–Trinajstić information content (AvgIpc) is 2.59. The molecule has 2 N–H and O–H groups in total. The number of esters is 1. The highest BCUT2D eigenvalue weighted by Crippen LogP contribution is 2.35. The molecule has 22 heavy (non-hydrogen) atoms. The number of methoxy groups -OCH3 is 1. The summed E-state index contributed by atoms with van der Waals surface area (Å²) in [4.78, 5) is 18.8. The van der Waals surface area contributed by atoms with Gasteiger partial charge in [0.1, 0.15) is 0 Å². The molecule has 1 aromatic heterocycles. The Labute approximate surface area is 129 Å². The summed E-state index contributed by atoms with van der Waals surface area (Å²) < 4.78 is 4.80. The first-order chi connectivity index (χ1) is 10.7. The quantitative estimate of drug-likeness (QED) is 0.390. The summed E-state index contributed by atoms with van der Waals surface area (Å²) in [5, 5.41) is 3.52. The van der Waals surface area contributed by atoms with Crippen LogP contribution >= 0.6 is 0 Å². The maximum absolute atomic E-state index is 11.6. The Morgan fingerprint density at radius 3 is 2.86 bits per heavy atom. The SMILES string of the molecule is COC(=O)C1CCC([C@@H](N)c2cccc(CN=[N+]=[N-])n2)CC1. The van der Waals surface area contributed by atoms with Crippen LogP contribution in [0.5, 0.6) is 0 Å². The lowest BCUT2D eigenvalue weighted by molar-refractivity contribution is -0.146. The third-order valence-corrected chi connectivity index (χ3v) is 4.28. The van der Waals surface area contributed by atoms with E-state index in [1.807, 2.05) is 18.2 Å². The van der Waals surface area contributed by atoms with Gasteiger partial charge in [0.25, 0.3) is 0 Å². The summed E-state index contributed by atoms with van der Waals surface area (Å²) in [5.74, 6) is 0.183. The Bertz CT molecular complexity index is 563. The molecule has 0 aromatic carbocycles. The molecule has 0 aliphatic heterocycles. The standard InChI is InChI=1S/C15H21N5O2/c1-22-15(21)11-7-5-10(6-8-11)14(16)13-4-2-3-12(19-13)9-18-20-17/h2-4,10-11,14H,5-9,16H2,1H3/t10?,11?,14-/m1/s1. The van der Waals surface area contributed by atoms with Crippen LogP contribution in [0.3, 0.4) is 0 Å². The summed E-state index contributed by atoms with van der Waals surface area (Å²) >= 11 is 0. The van der Waals surface area contributed by atoms with E-state index in [1.165, 1.54) is 7.11 Å². The average molecular weight is 303 g/mol. The fourth-order valence-corrected chi connectivity index (χ4v) is 3.00. The zero-order chi connectivity index (χ0) is 15.9. The Morgan fingerprint density at radius 1 is 1.50 bits per heavy atom. The summed E-state index contributed by atoms with van der Waals surface area (Å²) in [6.07, 6.45) is 3.40. The number of rotatable bonds is 5. The minimum atomic E-state index is -0.162. The van der Waals surface area contributed by atoms with Crippen molar-refractivity contribution < 1.29 is 9.53 Å². The summed E-state index contributed by atoms with van der Waals surface area (Å²) in [6.45, 7) is 0.228. The molecule has 0 saturated heterocycles. The predicted molar refractivity (Wildman–Crippen MR) is 81.5 cm³/mol. The van der Waals surface area contributed by atoms with Crippen molar-refractivity contribution in [2.75, 3.05) is 7.11 Å². The van der Waals surface area contributed by atoms with Gasteiger partial charge in [-0.05, 0) is 49.3 Å². The molecule has 0 radical (unpaired) electrons. The molecule has 1 saturated carbocycles. The molecular weight excluding hydrogens is 282 g/mol. The molecule has 7 heteroatoms. The minimum absolute atomic E-state index is 0.00212. The molecule has 1 heterocycles. The molecule has 1 aromatic rings. The first-order valence-corrected chi connectivity index (χ1v) is 7.45. The normalized spacial score (nSPS) is 22.5.